The summed E-state index contributed by atoms with van der Waals surface area (Å²) >= 11 is 0. The van der Waals surface area contributed by atoms with Crippen molar-refractivity contribution in [1.82, 2.24) is 0 Å². The Hall–Kier alpha value is 0.108. The van der Waals surface area contributed by atoms with Gasteiger partial charge in [0.15, 0.2) is 0 Å². The van der Waals surface area contributed by atoms with Crippen LogP contribution < -0.4 is 0 Å². The van der Waals surface area contributed by atoms with Crippen LogP contribution in [0.2, 0.25) is 39.3 Å². The zero-order valence-corrected chi connectivity index (χ0v) is 16.8. The molecule has 0 amide bonds. The van der Waals surface area contributed by atoms with Crippen molar-refractivity contribution in [3.8, 4) is 0 Å². The maximum absolute atomic E-state index is 3.36. The molecule has 0 atom stereocenters. The molecule has 0 fully saturated rings. The van der Waals surface area contributed by atoms with Crippen molar-refractivity contribution >= 4 is 16.1 Å². The topological polar surface area (TPSA) is 0 Å². The van der Waals surface area contributed by atoms with Gasteiger partial charge in [-0.1, -0.05) is 39.3 Å². The first-order valence-electron chi connectivity index (χ1n) is 6.77. The molecule has 0 bridgehead atoms. The third-order valence-corrected chi connectivity index (χ3v) is 6.92. The fraction of sp³-hybridized carbons (Fsp3) is 0.500. The largest absolute Gasteiger partial charge is 2.00 e. The average Bonchev–Trinajstić information content (AvgIpc) is 2.91. The van der Waals surface area contributed by atoms with E-state index in [1.54, 1.807) is 0 Å². The summed E-state index contributed by atoms with van der Waals surface area (Å²) in [7, 11) is -2.01. The molecule has 0 N–H and O–H groups in total. The number of rotatable bonds is 2. The molecule has 0 aromatic rings. The molecule has 0 saturated heterocycles. The van der Waals surface area contributed by atoms with Gasteiger partial charge in [0.05, 0.1) is 0 Å². The van der Waals surface area contributed by atoms with Crippen LogP contribution >= 0.6 is 0 Å². The summed E-state index contributed by atoms with van der Waals surface area (Å²) in [6.45, 7) is 14.1. The molecule has 0 aliphatic heterocycles. The molecule has 0 spiro atoms. The van der Waals surface area contributed by atoms with E-state index in [4.69, 9.17) is 0 Å². The van der Waals surface area contributed by atoms with Crippen LogP contribution in [0.25, 0.3) is 0 Å². The Balaban J connectivity index is 0.000000324. The summed E-state index contributed by atoms with van der Waals surface area (Å²) < 4.78 is 0. The molecule has 2 aliphatic rings. The molecule has 3 heteroatoms. The number of hydrogen-bond donors (Lipinski definition) is 0. The van der Waals surface area contributed by atoms with Crippen LogP contribution in [0, 0.1) is 12.2 Å². The van der Waals surface area contributed by atoms with E-state index in [0.29, 0.717) is 0 Å². The minimum atomic E-state index is -1.01. The van der Waals surface area contributed by atoms with Crippen molar-refractivity contribution in [1.29, 1.82) is 0 Å². The van der Waals surface area contributed by atoms with Gasteiger partial charge < -0.3 is 0 Å². The van der Waals surface area contributed by atoms with Gasteiger partial charge >= 0.3 is 21.7 Å². The van der Waals surface area contributed by atoms with Crippen LogP contribution in [0.15, 0.2) is 34.7 Å². The van der Waals surface area contributed by atoms with E-state index >= 15 is 0 Å². The van der Waals surface area contributed by atoms with Crippen molar-refractivity contribution in [2.75, 3.05) is 0 Å². The van der Waals surface area contributed by atoms with Crippen LogP contribution in [0.1, 0.15) is 12.8 Å². The van der Waals surface area contributed by atoms with Crippen LogP contribution in [0.4, 0.5) is 0 Å². The van der Waals surface area contributed by atoms with Crippen molar-refractivity contribution in [3.05, 3.63) is 46.8 Å². The van der Waals surface area contributed by atoms with Gasteiger partial charge in [-0.2, -0.15) is 12.2 Å². The van der Waals surface area contributed by atoms with Gasteiger partial charge in [0.25, 0.3) is 0 Å². The van der Waals surface area contributed by atoms with Crippen molar-refractivity contribution < 1.29 is 21.7 Å². The Bertz CT molecular complexity index is 361. The second kappa shape index (κ2) is 7.78. The van der Waals surface area contributed by atoms with E-state index in [1.807, 2.05) is 0 Å². The average molecular weight is 322 g/mol. The Morgan fingerprint density at radius 3 is 1.16 bits per heavy atom. The molecular weight excluding hydrogens is 296 g/mol. The van der Waals surface area contributed by atoms with Crippen LogP contribution in [0.5, 0.6) is 0 Å². The van der Waals surface area contributed by atoms with E-state index in [-0.39, 0.29) is 21.7 Å². The first-order chi connectivity index (χ1) is 8.21. The van der Waals surface area contributed by atoms with Gasteiger partial charge in [0.2, 0.25) is 0 Å². The summed E-state index contributed by atoms with van der Waals surface area (Å²) in [6.07, 6.45) is 17.6. The van der Waals surface area contributed by atoms with Crippen LogP contribution in [-0.4, -0.2) is 16.1 Å². The van der Waals surface area contributed by atoms with E-state index in [2.05, 4.69) is 75.7 Å². The number of hydrogen-bond acceptors (Lipinski definition) is 0. The zero-order chi connectivity index (χ0) is 13.8. The molecule has 0 saturated carbocycles. The summed E-state index contributed by atoms with van der Waals surface area (Å²) in [5, 5.41) is 2.98. The van der Waals surface area contributed by atoms with Gasteiger partial charge in [-0.3, -0.25) is 12.2 Å². The van der Waals surface area contributed by atoms with Crippen molar-refractivity contribution in [3.63, 3.8) is 0 Å². The monoisotopic (exact) mass is 322 g/mol. The van der Waals surface area contributed by atoms with Crippen molar-refractivity contribution in [2.24, 2.45) is 0 Å². The molecule has 0 radical (unpaired) electrons. The predicted octanol–water partition coefficient (Wildman–Crippen LogP) is 5.10. The predicted molar refractivity (Wildman–Crippen MR) is 87.7 cm³/mol. The number of allylic oxidation sites excluding steroid dienone is 8. The van der Waals surface area contributed by atoms with Gasteiger partial charge in [0, 0.05) is 16.1 Å². The minimum absolute atomic E-state index is 0. The maximum Gasteiger partial charge on any atom is 2.00 e. The summed E-state index contributed by atoms with van der Waals surface area (Å²) in [5.74, 6) is 0. The summed E-state index contributed by atoms with van der Waals surface area (Å²) in [6, 6.07) is 0. The SMILES string of the molecule is C[Si](C)(C)C1=[C-]CC=C1.C[Si](C)(C)C1=[C-]CC=C1.[Ti+2]. The van der Waals surface area contributed by atoms with Gasteiger partial charge in [-0.15, -0.1) is 12.8 Å². The molecule has 2 aliphatic carbocycles. The molecule has 19 heavy (non-hydrogen) atoms. The van der Waals surface area contributed by atoms with Gasteiger partial charge in [-0.05, 0) is 0 Å². The molecule has 0 aromatic carbocycles. The molecule has 0 nitrogen and oxygen atoms in total. The van der Waals surface area contributed by atoms with Gasteiger partial charge in [-0.25, -0.2) is 22.5 Å². The van der Waals surface area contributed by atoms with E-state index in [0.717, 1.165) is 12.8 Å². The fourth-order valence-corrected chi connectivity index (χ4v) is 4.34. The molecule has 0 unspecified atom stereocenters. The maximum atomic E-state index is 3.36. The Morgan fingerprint density at radius 1 is 0.737 bits per heavy atom. The molecule has 2 rings (SSSR count). The summed E-state index contributed by atoms with van der Waals surface area (Å²) in [5.41, 5.74) is 0. The Labute approximate surface area is 136 Å². The van der Waals surface area contributed by atoms with Crippen LogP contribution in [-0.2, 0) is 21.7 Å². The first-order valence-corrected chi connectivity index (χ1v) is 13.8. The van der Waals surface area contributed by atoms with E-state index < -0.39 is 16.1 Å². The zero-order valence-electron chi connectivity index (χ0n) is 13.2. The van der Waals surface area contributed by atoms with Crippen molar-refractivity contribution in [2.45, 2.75) is 52.1 Å². The Kier molecular flexibility index (Phi) is 7.82. The second-order valence-electron chi connectivity index (χ2n) is 6.89. The van der Waals surface area contributed by atoms with Crippen LogP contribution in [0.3, 0.4) is 0 Å². The quantitative estimate of drug-likeness (QED) is 0.490. The van der Waals surface area contributed by atoms with E-state index in [9.17, 15) is 0 Å². The Morgan fingerprint density at radius 2 is 1.05 bits per heavy atom. The van der Waals surface area contributed by atoms with E-state index in [1.165, 1.54) is 10.4 Å². The fourth-order valence-electron chi connectivity index (χ4n) is 1.84. The molecular formula is C16H26Si2Ti. The minimum Gasteiger partial charge on any atom is -0.274 e. The smallest absolute Gasteiger partial charge is 0.274 e. The molecule has 102 valence electrons. The standard InChI is InChI=1S/2C8H13Si.Ti/c2*1-9(2,3)8-6-4-5-7-8;/h2*4,6H,5H2,1-3H3;/q2*-1;+2. The normalized spacial score (nSPS) is 17.4. The first kappa shape index (κ1) is 19.1. The molecule has 0 aromatic heterocycles. The third-order valence-electron chi connectivity index (χ3n) is 3.01. The molecule has 0 heterocycles. The third kappa shape index (κ3) is 6.89. The summed E-state index contributed by atoms with van der Waals surface area (Å²) in [4.78, 5) is 0. The van der Waals surface area contributed by atoms with Gasteiger partial charge in [0.1, 0.15) is 0 Å². The second-order valence-corrected chi connectivity index (χ2v) is 17.0.